The van der Waals surface area contributed by atoms with Crippen molar-refractivity contribution in [2.75, 3.05) is 0 Å². The van der Waals surface area contributed by atoms with E-state index < -0.39 is 0 Å². The fraction of sp³-hybridized carbons (Fsp3) is 0.263. The van der Waals surface area contributed by atoms with Crippen molar-refractivity contribution < 1.29 is 4.79 Å². The number of aromatic amines is 2. The lowest BCUT2D eigenvalue weighted by molar-refractivity contribution is 0.0940. The second-order valence-corrected chi connectivity index (χ2v) is 6.45. The monoisotopic (exact) mass is 351 g/mol. The van der Waals surface area contributed by atoms with Gasteiger partial charge in [-0.15, -0.1) is 0 Å². The van der Waals surface area contributed by atoms with Crippen molar-refractivity contribution in [3.63, 3.8) is 0 Å². The van der Waals surface area contributed by atoms with Gasteiger partial charge in [0.2, 0.25) is 0 Å². The molecule has 134 valence electrons. The molecule has 3 rings (SSSR count). The quantitative estimate of drug-likeness (QED) is 0.655. The second-order valence-electron chi connectivity index (χ2n) is 6.45. The van der Waals surface area contributed by atoms with Crippen LogP contribution in [0.1, 0.15) is 34.4 Å². The van der Waals surface area contributed by atoms with E-state index in [-0.39, 0.29) is 17.5 Å². The molecule has 0 saturated heterocycles. The summed E-state index contributed by atoms with van der Waals surface area (Å²) < 4.78 is 0. The highest BCUT2D eigenvalue weighted by Gasteiger charge is 2.12. The Bertz CT molecular complexity index is 972. The molecule has 0 fully saturated rings. The Morgan fingerprint density at radius 1 is 1.12 bits per heavy atom. The molecule has 3 N–H and O–H groups in total. The Kier molecular flexibility index (Phi) is 4.97. The molecule has 0 aliphatic carbocycles. The average molecular weight is 351 g/mol. The summed E-state index contributed by atoms with van der Waals surface area (Å²) in [5.74, 6) is -0.156. The minimum absolute atomic E-state index is 0.0458. The van der Waals surface area contributed by atoms with E-state index in [1.165, 1.54) is 0 Å². The molecule has 0 radical (unpaired) electrons. The Hall–Kier alpha value is -3.22. The van der Waals surface area contributed by atoms with Crippen molar-refractivity contribution in [1.29, 1.82) is 0 Å². The van der Waals surface area contributed by atoms with E-state index in [9.17, 15) is 9.59 Å². The third kappa shape index (κ3) is 4.05. The lowest BCUT2D eigenvalue weighted by atomic mass is 10.0. The van der Waals surface area contributed by atoms with Gasteiger partial charge in [0.25, 0.3) is 11.5 Å². The predicted molar refractivity (Wildman–Crippen MR) is 99.0 cm³/mol. The maximum absolute atomic E-state index is 12.4. The zero-order valence-electron chi connectivity index (χ0n) is 15.0. The first-order valence-corrected chi connectivity index (χ1v) is 8.41. The van der Waals surface area contributed by atoms with Gasteiger partial charge in [-0.2, -0.15) is 10.2 Å². The van der Waals surface area contributed by atoms with Crippen LogP contribution in [0.2, 0.25) is 0 Å². The van der Waals surface area contributed by atoms with Crippen LogP contribution in [-0.2, 0) is 6.42 Å². The number of rotatable bonds is 5. The summed E-state index contributed by atoms with van der Waals surface area (Å²) in [6.07, 6.45) is 0.653. The molecule has 0 aliphatic rings. The van der Waals surface area contributed by atoms with E-state index in [4.69, 9.17) is 0 Å². The van der Waals surface area contributed by atoms with Gasteiger partial charge < -0.3 is 5.32 Å². The number of nitrogens with one attached hydrogen (secondary N) is 3. The Labute approximate surface area is 150 Å². The van der Waals surface area contributed by atoms with Crippen LogP contribution in [-0.4, -0.2) is 32.3 Å². The third-order valence-corrected chi connectivity index (χ3v) is 4.04. The molecule has 2 heterocycles. The molecule has 0 bridgehead atoms. The van der Waals surface area contributed by atoms with Gasteiger partial charge in [-0.05, 0) is 50.6 Å². The molecule has 2 aromatic heterocycles. The summed E-state index contributed by atoms with van der Waals surface area (Å²) >= 11 is 0. The first-order chi connectivity index (χ1) is 12.4. The minimum Gasteiger partial charge on any atom is -0.349 e. The molecule has 7 heteroatoms. The Morgan fingerprint density at radius 2 is 1.85 bits per heavy atom. The predicted octanol–water partition coefficient (Wildman–Crippen LogP) is 2.14. The molecule has 1 amide bonds. The van der Waals surface area contributed by atoms with Gasteiger partial charge >= 0.3 is 0 Å². The van der Waals surface area contributed by atoms with Gasteiger partial charge in [-0.3, -0.25) is 14.7 Å². The summed E-state index contributed by atoms with van der Waals surface area (Å²) in [6.45, 7) is 5.69. The standard InChI is InChI=1S/C19H21N5O2/c1-11(8-16-9-12(2)21-23-16)20-18(25)15-6-4-14(5-7-15)17-10-13(3)22-24-19(17)26/h4-7,9-11H,8H2,1-3H3,(H,20,25)(H,21,23)(H,24,26). The van der Waals surface area contributed by atoms with Crippen molar-refractivity contribution in [2.24, 2.45) is 0 Å². The highest BCUT2D eigenvalue weighted by Crippen LogP contribution is 2.16. The topological polar surface area (TPSA) is 104 Å². The Morgan fingerprint density at radius 3 is 2.50 bits per heavy atom. The van der Waals surface area contributed by atoms with E-state index in [2.05, 4.69) is 25.7 Å². The van der Waals surface area contributed by atoms with Gasteiger partial charge in [-0.25, -0.2) is 5.10 Å². The number of hydrogen-bond donors (Lipinski definition) is 3. The van der Waals surface area contributed by atoms with E-state index in [1.54, 1.807) is 30.3 Å². The maximum atomic E-state index is 12.4. The molecule has 3 aromatic rings. The van der Waals surface area contributed by atoms with Gasteiger partial charge in [0.15, 0.2) is 0 Å². The van der Waals surface area contributed by atoms with Crippen LogP contribution in [0.15, 0.2) is 41.2 Å². The number of carbonyl (C=O) groups excluding carboxylic acids is 1. The number of amides is 1. The fourth-order valence-corrected chi connectivity index (χ4v) is 2.77. The summed E-state index contributed by atoms with van der Waals surface area (Å²) in [7, 11) is 0. The molecule has 1 aromatic carbocycles. The number of H-pyrrole nitrogens is 2. The van der Waals surface area contributed by atoms with Crippen molar-refractivity contribution in [3.8, 4) is 11.1 Å². The summed E-state index contributed by atoms with van der Waals surface area (Å²) in [5, 5.41) is 16.4. The van der Waals surface area contributed by atoms with Crippen molar-refractivity contribution >= 4 is 5.91 Å². The molecule has 1 atom stereocenters. The van der Waals surface area contributed by atoms with Crippen LogP contribution < -0.4 is 10.9 Å². The van der Waals surface area contributed by atoms with E-state index >= 15 is 0 Å². The SMILES string of the molecule is Cc1cc(-c2ccc(C(=O)NC(C)Cc3cc(C)[nH]n3)cc2)c(=O)[nH]n1. The van der Waals surface area contributed by atoms with Crippen LogP contribution in [0.5, 0.6) is 0 Å². The van der Waals surface area contributed by atoms with E-state index in [0.29, 0.717) is 17.5 Å². The van der Waals surface area contributed by atoms with E-state index in [0.717, 1.165) is 22.6 Å². The highest BCUT2D eigenvalue weighted by molar-refractivity contribution is 5.94. The minimum atomic E-state index is -0.254. The van der Waals surface area contributed by atoms with Gasteiger partial charge in [-0.1, -0.05) is 12.1 Å². The Balaban J connectivity index is 1.68. The number of hydrogen-bond acceptors (Lipinski definition) is 4. The van der Waals surface area contributed by atoms with Gasteiger partial charge in [0.1, 0.15) is 0 Å². The first kappa shape index (κ1) is 17.6. The molecule has 7 nitrogen and oxygen atoms in total. The van der Waals surface area contributed by atoms with Crippen molar-refractivity contribution in [1.82, 2.24) is 25.7 Å². The van der Waals surface area contributed by atoms with Gasteiger partial charge in [0.05, 0.1) is 17.0 Å². The summed E-state index contributed by atoms with van der Waals surface area (Å²) in [5.41, 5.74) is 4.20. The molecular formula is C19H21N5O2. The first-order valence-electron chi connectivity index (χ1n) is 8.41. The molecule has 0 aliphatic heterocycles. The molecule has 26 heavy (non-hydrogen) atoms. The zero-order valence-corrected chi connectivity index (χ0v) is 15.0. The average Bonchev–Trinajstić information content (AvgIpc) is 3.01. The summed E-state index contributed by atoms with van der Waals surface area (Å²) in [4.78, 5) is 24.3. The number of aromatic nitrogens is 4. The number of nitrogens with zero attached hydrogens (tertiary/aromatic N) is 2. The normalized spacial score (nSPS) is 12.0. The number of carbonyl (C=O) groups is 1. The third-order valence-electron chi connectivity index (χ3n) is 4.04. The maximum Gasteiger partial charge on any atom is 0.272 e. The highest BCUT2D eigenvalue weighted by atomic mass is 16.1. The van der Waals surface area contributed by atoms with Crippen molar-refractivity contribution in [3.05, 3.63) is 69.4 Å². The van der Waals surface area contributed by atoms with Crippen LogP contribution in [0.3, 0.4) is 0 Å². The number of aryl methyl sites for hydroxylation is 2. The number of benzene rings is 1. The van der Waals surface area contributed by atoms with Crippen LogP contribution in [0, 0.1) is 13.8 Å². The molecular weight excluding hydrogens is 330 g/mol. The zero-order chi connectivity index (χ0) is 18.7. The largest absolute Gasteiger partial charge is 0.349 e. The molecule has 0 saturated carbocycles. The lowest BCUT2D eigenvalue weighted by Crippen LogP contribution is -2.34. The van der Waals surface area contributed by atoms with Gasteiger partial charge in [0, 0.05) is 23.7 Å². The molecule has 0 spiro atoms. The lowest BCUT2D eigenvalue weighted by Gasteiger charge is -2.13. The van der Waals surface area contributed by atoms with Crippen LogP contribution >= 0.6 is 0 Å². The van der Waals surface area contributed by atoms with E-state index in [1.807, 2.05) is 26.8 Å². The fourth-order valence-electron chi connectivity index (χ4n) is 2.77. The van der Waals surface area contributed by atoms with Crippen LogP contribution in [0.25, 0.3) is 11.1 Å². The van der Waals surface area contributed by atoms with Crippen molar-refractivity contribution in [2.45, 2.75) is 33.2 Å². The second kappa shape index (κ2) is 7.35. The molecule has 1 unspecified atom stereocenters. The van der Waals surface area contributed by atoms with Crippen LogP contribution in [0.4, 0.5) is 0 Å². The smallest absolute Gasteiger partial charge is 0.272 e. The summed E-state index contributed by atoms with van der Waals surface area (Å²) in [6, 6.07) is 10.6.